The first-order valence-electron chi connectivity index (χ1n) is 6.51. The van der Waals surface area contributed by atoms with Crippen LogP contribution in [0.25, 0.3) is 10.8 Å². The Morgan fingerprint density at radius 2 is 1.41 bits per heavy atom. The van der Waals surface area contributed by atoms with Gasteiger partial charge in [-0.2, -0.15) is 18.6 Å². The quantitative estimate of drug-likeness (QED) is 0.571. The van der Waals surface area contributed by atoms with Crippen molar-refractivity contribution in [1.29, 1.82) is 0 Å². The van der Waals surface area contributed by atoms with Crippen molar-refractivity contribution in [3.05, 3.63) is 66.7 Å². The van der Waals surface area contributed by atoms with Crippen molar-refractivity contribution in [2.45, 2.75) is 4.90 Å². The zero-order valence-electron chi connectivity index (χ0n) is 11.4. The molecule has 3 aromatic rings. The van der Waals surface area contributed by atoms with Crippen LogP contribution in [0, 0.1) is 0 Å². The summed E-state index contributed by atoms with van der Waals surface area (Å²) in [7, 11) is -4.34. The lowest BCUT2D eigenvalue weighted by Crippen LogP contribution is -1.98. The molecule has 0 aliphatic heterocycles. The molecular weight excluding hydrogens is 300 g/mol. The molecule has 0 bridgehead atoms. The average molecular weight is 312 g/mol. The summed E-state index contributed by atoms with van der Waals surface area (Å²) in [5.74, 6) is 0. The van der Waals surface area contributed by atoms with Crippen molar-refractivity contribution in [1.82, 2.24) is 0 Å². The maximum Gasteiger partial charge on any atom is 0.295 e. The van der Waals surface area contributed by atoms with Crippen LogP contribution >= 0.6 is 0 Å². The zero-order valence-corrected chi connectivity index (χ0v) is 12.2. The van der Waals surface area contributed by atoms with Crippen LogP contribution < -0.4 is 0 Å². The fourth-order valence-electron chi connectivity index (χ4n) is 2.14. The van der Waals surface area contributed by atoms with E-state index < -0.39 is 10.1 Å². The molecule has 0 radical (unpaired) electrons. The highest BCUT2D eigenvalue weighted by Crippen LogP contribution is 2.29. The van der Waals surface area contributed by atoms with E-state index in [9.17, 15) is 13.0 Å². The molecule has 0 aliphatic carbocycles. The number of hydrogen-bond donors (Lipinski definition) is 1. The lowest BCUT2D eigenvalue weighted by atomic mass is 10.1. The molecule has 1 N–H and O–H groups in total. The first kappa shape index (κ1) is 14.4. The van der Waals surface area contributed by atoms with Crippen molar-refractivity contribution >= 4 is 32.3 Å². The van der Waals surface area contributed by atoms with Crippen molar-refractivity contribution < 1.29 is 13.0 Å². The van der Waals surface area contributed by atoms with Crippen molar-refractivity contribution in [2.24, 2.45) is 10.2 Å². The predicted molar refractivity (Wildman–Crippen MR) is 84.4 cm³/mol. The molecule has 0 spiro atoms. The summed E-state index contributed by atoms with van der Waals surface area (Å²) < 4.78 is 32.5. The van der Waals surface area contributed by atoms with Crippen molar-refractivity contribution in [2.75, 3.05) is 0 Å². The van der Waals surface area contributed by atoms with Crippen LogP contribution in [0.5, 0.6) is 0 Å². The minimum absolute atomic E-state index is 0.174. The molecule has 3 aromatic carbocycles. The topological polar surface area (TPSA) is 79.1 Å². The van der Waals surface area contributed by atoms with E-state index in [1.165, 1.54) is 6.07 Å². The van der Waals surface area contributed by atoms with E-state index in [-0.39, 0.29) is 4.90 Å². The van der Waals surface area contributed by atoms with Gasteiger partial charge in [-0.3, -0.25) is 4.55 Å². The lowest BCUT2D eigenvalue weighted by molar-refractivity contribution is 0.484. The van der Waals surface area contributed by atoms with Gasteiger partial charge in [-0.25, -0.2) is 0 Å². The van der Waals surface area contributed by atoms with E-state index in [4.69, 9.17) is 0 Å². The minimum atomic E-state index is -4.34. The van der Waals surface area contributed by atoms with Crippen LogP contribution in [-0.4, -0.2) is 13.0 Å². The van der Waals surface area contributed by atoms with Gasteiger partial charge in [0.1, 0.15) is 4.90 Å². The molecule has 3 rings (SSSR count). The van der Waals surface area contributed by atoms with Gasteiger partial charge in [0, 0.05) is 5.39 Å². The summed E-state index contributed by atoms with van der Waals surface area (Å²) >= 11 is 0. The zero-order chi connectivity index (χ0) is 15.6. The highest BCUT2D eigenvalue weighted by molar-refractivity contribution is 7.86. The number of azo groups is 1. The second-order valence-corrected chi connectivity index (χ2v) is 6.07. The Morgan fingerprint density at radius 3 is 2.14 bits per heavy atom. The van der Waals surface area contributed by atoms with E-state index in [1.807, 2.05) is 18.2 Å². The molecule has 0 saturated carbocycles. The molecule has 0 amide bonds. The summed E-state index contributed by atoms with van der Waals surface area (Å²) in [6.07, 6.45) is 0. The molecule has 0 atom stereocenters. The maximum absolute atomic E-state index is 11.6. The van der Waals surface area contributed by atoms with E-state index in [1.54, 1.807) is 42.5 Å². The van der Waals surface area contributed by atoms with Gasteiger partial charge in [-0.05, 0) is 29.7 Å². The van der Waals surface area contributed by atoms with Crippen LogP contribution in [0.1, 0.15) is 0 Å². The summed E-state index contributed by atoms with van der Waals surface area (Å²) in [4.78, 5) is -0.174. The highest BCUT2D eigenvalue weighted by Gasteiger charge is 2.15. The summed E-state index contributed by atoms with van der Waals surface area (Å²) in [5.41, 5.74) is 1.01. The van der Waals surface area contributed by atoms with Gasteiger partial charge in [-0.15, -0.1) is 0 Å². The molecule has 110 valence electrons. The van der Waals surface area contributed by atoms with Crippen molar-refractivity contribution in [3.8, 4) is 0 Å². The smallest absolute Gasteiger partial charge is 0.282 e. The number of benzene rings is 3. The molecular formula is C16H12N2O3S. The van der Waals surface area contributed by atoms with Crippen LogP contribution in [0.3, 0.4) is 0 Å². The third-order valence-electron chi connectivity index (χ3n) is 3.12. The fourth-order valence-corrected chi connectivity index (χ4v) is 2.88. The number of fused-ring (bicyclic) bond motifs is 1. The molecule has 0 unspecified atom stereocenters. The molecule has 0 aromatic heterocycles. The number of rotatable bonds is 3. The van der Waals surface area contributed by atoms with Crippen LogP contribution in [-0.2, 0) is 10.1 Å². The first-order chi connectivity index (χ1) is 10.5. The molecule has 0 heterocycles. The first-order valence-corrected chi connectivity index (χ1v) is 7.95. The maximum atomic E-state index is 11.6. The van der Waals surface area contributed by atoms with E-state index >= 15 is 0 Å². The number of hydrogen-bond acceptors (Lipinski definition) is 4. The summed E-state index contributed by atoms with van der Waals surface area (Å²) in [6.45, 7) is 0. The SMILES string of the molecule is O=S(=O)(O)c1cc(N=Nc2ccccc2)cc2ccccc12. The Kier molecular flexibility index (Phi) is 3.70. The normalized spacial score (nSPS) is 12.0. The van der Waals surface area contributed by atoms with Gasteiger partial charge in [-0.1, -0.05) is 42.5 Å². The molecule has 22 heavy (non-hydrogen) atoms. The van der Waals surface area contributed by atoms with Crippen LogP contribution in [0.4, 0.5) is 11.4 Å². The predicted octanol–water partition coefficient (Wildman–Crippen LogP) is 4.50. The van der Waals surface area contributed by atoms with E-state index in [2.05, 4.69) is 10.2 Å². The summed E-state index contributed by atoms with van der Waals surface area (Å²) in [5, 5.41) is 9.22. The van der Waals surface area contributed by atoms with Crippen LogP contribution in [0.15, 0.2) is 81.9 Å². The van der Waals surface area contributed by atoms with Gasteiger partial charge < -0.3 is 0 Å². The fraction of sp³-hybridized carbons (Fsp3) is 0. The largest absolute Gasteiger partial charge is 0.295 e. The van der Waals surface area contributed by atoms with Gasteiger partial charge in [0.15, 0.2) is 0 Å². The Morgan fingerprint density at radius 1 is 0.773 bits per heavy atom. The standard InChI is InChI=1S/C16H12N2O3S/c19-22(20,21)16-11-14(10-12-6-4-5-9-15(12)16)18-17-13-7-2-1-3-8-13/h1-11H,(H,19,20,21). The lowest BCUT2D eigenvalue weighted by Gasteiger charge is -2.05. The van der Waals surface area contributed by atoms with E-state index in [0.717, 1.165) is 0 Å². The second-order valence-electron chi connectivity index (χ2n) is 4.68. The van der Waals surface area contributed by atoms with Gasteiger partial charge in [0.05, 0.1) is 11.4 Å². The molecule has 6 heteroatoms. The Balaban J connectivity index is 2.14. The van der Waals surface area contributed by atoms with Gasteiger partial charge in [0.2, 0.25) is 0 Å². The Labute approximate surface area is 127 Å². The van der Waals surface area contributed by atoms with Crippen LogP contribution in [0.2, 0.25) is 0 Å². The monoisotopic (exact) mass is 312 g/mol. The third kappa shape index (κ3) is 3.03. The van der Waals surface area contributed by atoms with Gasteiger partial charge >= 0.3 is 0 Å². The molecule has 0 fully saturated rings. The Bertz CT molecular complexity index is 952. The number of nitrogens with zero attached hydrogens (tertiary/aromatic N) is 2. The third-order valence-corrected chi connectivity index (χ3v) is 4.02. The average Bonchev–Trinajstić information content (AvgIpc) is 2.52. The van der Waals surface area contributed by atoms with Crippen molar-refractivity contribution in [3.63, 3.8) is 0 Å². The Hall–Kier alpha value is -2.57. The second kappa shape index (κ2) is 5.67. The molecule has 0 aliphatic rings. The van der Waals surface area contributed by atoms with E-state index in [0.29, 0.717) is 22.1 Å². The highest BCUT2D eigenvalue weighted by atomic mass is 32.2. The van der Waals surface area contributed by atoms with Gasteiger partial charge in [0.25, 0.3) is 10.1 Å². The molecule has 0 saturated heterocycles. The molecule has 5 nitrogen and oxygen atoms in total. The summed E-state index contributed by atoms with van der Waals surface area (Å²) in [6, 6.07) is 19.0. The minimum Gasteiger partial charge on any atom is -0.282 e.